The van der Waals surface area contributed by atoms with Crippen molar-refractivity contribution in [3.63, 3.8) is 0 Å². The third-order valence-electron chi connectivity index (χ3n) is 3.21. The first-order valence-electron chi connectivity index (χ1n) is 6.75. The zero-order valence-electron chi connectivity index (χ0n) is 11.9. The number of ether oxygens (including phenoxy) is 1. The molecular formula is C13H23N5O. The molecule has 0 atom stereocenters. The van der Waals surface area contributed by atoms with Crippen LogP contribution in [0.4, 0.5) is 11.8 Å². The number of hydrogen-bond donors (Lipinski definition) is 2. The van der Waals surface area contributed by atoms with E-state index >= 15 is 0 Å². The highest BCUT2D eigenvalue weighted by Crippen LogP contribution is 2.20. The first kappa shape index (κ1) is 14.0. The number of likely N-dealkylation sites (N-methyl/N-ethyl adjacent to an activating group) is 1. The maximum Gasteiger partial charge on any atom is 0.222 e. The van der Waals surface area contributed by atoms with Crippen LogP contribution in [0.25, 0.3) is 0 Å². The molecule has 1 saturated heterocycles. The number of nitrogens with one attached hydrogen (secondary N) is 1. The zero-order valence-corrected chi connectivity index (χ0v) is 11.9. The summed E-state index contributed by atoms with van der Waals surface area (Å²) in [5.41, 5.74) is 6.71. The molecular weight excluding hydrogens is 242 g/mol. The summed E-state index contributed by atoms with van der Waals surface area (Å²) in [5, 5.41) is 3.24. The van der Waals surface area contributed by atoms with Gasteiger partial charge in [0.15, 0.2) is 0 Å². The van der Waals surface area contributed by atoms with E-state index in [1.54, 1.807) is 0 Å². The molecule has 6 nitrogen and oxygen atoms in total. The molecule has 1 aromatic rings. The van der Waals surface area contributed by atoms with Crippen molar-refractivity contribution in [3.05, 3.63) is 11.8 Å². The molecule has 19 heavy (non-hydrogen) atoms. The summed E-state index contributed by atoms with van der Waals surface area (Å²) in [6.45, 7) is 6.64. The van der Waals surface area contributed by atoms with Crippen LogP contribution in [0, 0.1) is 0 Å². The number of nitrogen functional groups attached to an aromatic ring is 1. The lowest BCUT2D eigenvalue weighted by Crippen LogP contribution is -2.57. The van der Waals surface area contributed by atoms with E-state index in [0.29, 0.717) is 18.6 Å². The number of aromatic nitrogens is 2. The van der Waals surface area contributed by atoms with E-state index < -0.39 is 0 Å². The Hall–Kier alpha value is -1.40. The summed E-state index contributed by atoms with van der Waals surface area (Å²) in [7, 11) is 1.98. The minimum absolute atomic E-state index is 0.241. The second-order valence-electron chi connectivity index (χ2n) is 5.14. The summed E-state index contributed by atoms with van der Waals surface area (Å²) in [6.07, 6.45) is 1.01. The molecule has 1 aliphatic heterocycles. The van der Waals surface area contributed by atoms with Crippen LogP contribution in [0.1, 0.15) is 19.5 Å². The van der Waals surface area contributed by atoms with Crippen molar-refractivity contribution in [1.82, 2.24) is 15.3 Å². The topological polar surface area (TPSA) is 76.3 Å². The normalized spacial score (nSPS) is 15.9. The van der Waals surface area contributed by atoms with Crippen LogP contribution >= 0.6 is 0 Å². The Labute approximate surface area is 114 Å². The third-order valence-corrected chi connectivity index (χ3v) is 3.21. The molecule has 2 rings (SSSR count). The predicted octanol–water partition coefficient (Wildman–Crippen LogP) is 0.434. The molecule has 0 aliphatic carbocycles. The van der Waals surface area contributed by atoms with Crippen LogP contribution in [0.5, 0.6) is 0 Å². The lowest BCUT2D eigenvalue weighted by Gasteiger charge is -2.40. The van der Waals surface area contributed by atoms with Gasteiger partial charge in [-0.05, 0) is 20.9 Å². The quantitative estimate of drug-likeness (QED) is 0.777. The van der Waals surface area contributed by atoms with Gasteiger partial charge >= 0.3 is 0 Å². The van der Waals surface area contributed by atoms with Crippen LogP contribution in [0.3, 0.4) is 0 Å². The van der Waals surface area contributed by atoms with E-state index in [0.717, 1.165) is 31.0 Å². The minimum atomic E-state index is 0.241. The molecule has 0 bridgehead atoms. The van der Waals surface area contributed by atoms with E-state index in [9.17, 15) is 0 Å². The molecule has 0 amide bonds. The van der Waals surface area contributed by atoms with Crippen molar-refractivity contribution >= 4 is 11.8 Å². The maximum atomic E-state index is 5.77. The Bertz CT molecular complexity index is 417. The monoisotopic (exact) mass is 265 g/mol. The van der Waals surface area contributed by atoms with Crippen molar-refractivity contribution in [3.8, 4) is 0 Å². The van der Waals surface area contributed by atoms with Gasteiger partial charge in [-0.3, -0.25) is 0 Å². The highest BCUT2D eigenvalue weighted by atomic mass is 16.5. The number of rotatable bonds is 6. The second-order valence-corrected chi connectivity index (χ2v) is 5.14. The largest absolute Gasteiger partial charge is 0.378 e. The Morgan fingerprint density at radius 1 is 1.47 bits per heavy atom. The van der Waals surface area contributed by atoms with Gasteiger partial charge in [-0.1, -0.05) is 0 Å². The highest BCUT2D eigenvalue weighted by molar-refractivity contribution is 5.46. The van der Waals surface area contributed by atoms with Crippen LogP contribution in [-0.4, -0.2) is 48.9 Å². The summed E-state index contributed by atoms with van der Waals surface area (Å²) < 4.78 is 5.54. The predicted molar refractivity (Wildman–Crippen MR) is 76.3 cm³/mol. The minimum Gasteiger partial charge on any atom is -0.378 e. The van der Waals surface area contributed by atoms with Crippen LogP contribution in [0.15, 0.2) is 6.07 Å². The third kappa shape index (κ3) is 3.78. The summed E-state index contributed by atoms with van der Waals surface area (Å²) >= 11 is 0. The van der Waals surface area contributed by atoms with E-state index in [1.807, 2.05) is 27.0 Å². The SMILES string of the molecule is CNC1CN(c2cc(CCOC(C)C)nc(N)n2)C1. The molecule has 0 radical (unpaired) electrons. The van der Waals surface area contributed by atoms with Gasteiger partial charge in [0, 0.05) is 31.6 Å². The average molecular weight is 265 g/mol. The van der Waals surface area contributed by atoms with Crippen molar-refractivity contribution in [2.75, 3.05) is 37.4 Å². The molecule has 2 heterocycles. The molecule has 0 spiro atoms. The smallest absolute Gasteiger partial charge is 0.222 e. The Morgan fingerprint density at radius 2 is 2.21 bits per heavy atom. The van der Waals surface area contributed by atoms with E-state index in [-0.39, 0.29) is 6.10 Å². The number of nitrogens with two attached hydrogens (primary N) is 1. The second kappa shape index (κ2) is 6.16. The van der Waals surface area contributed by atoms with Gasteiger partial charge in [0.05, 0.1) is 18.4 Å². The summed E-state index contributed by atoms with van der Waals surface area (Å²) in [6, 6.07) is 2.55. The van der Waals surface area contributed by atoms with Crippen LogP contribution in [-0.2, 0) is 11.2 Å². The molecule has 106 valence electrons. The average Bonchev–Trinajstić information content (AvgIpc) is 2.26. The Kier molecular flexibility index (Phi) is 4.55. The fourth-order valence-electron chi connectivity index (χ4n) is 2.04. The molecule has 0 aromatic carbocycles. The molecule has 0 saturated carbocycles. The molecule has 6 heteroatoms. The van der Waals surface area contributed by atoms with Gasteiger partial charge in [-0.25, -0.2) is 4.98 Å². The van der Waals surface area contributed by atoms with Gasteiger partial charge in [0.1, 0.15) is 5.82 Å². The lowest BCUT2D eigenvalue weighted by atomic mass is 10.1. The van der Waals surface area contributed by atoms with Gasteiger partial charge in [0.2, 0.25) is 5.95 Å². The summed E-state index contributed by atoms with van der Waals surface area (Å²) in [4.78, 5) is 10.7. The fraction of sp³-hybridized carbons (Fsp3) is 0.692. The van der Waals surface area contributed by atoms with Gasteiger partial charge in [-0.2, -0.15) is 4.98 Å². The summed E-state index contributed by atoms with van der Waals surface area (Å²) in [5.74, 6) is 1.25. The van der Waals surface area contributed by atoms with Gasteiger partial charge in [-0.15, -0.1) is 0 Å². The molecule has 1 aromatic heterocycles. The van der Waals surface area contributed by atoms with Crippen LogP contribution in [0.2, 0.25) is 0 Å². The number of hydrogen-bond acceptors (Lipinski definition) is 6. The first-order valence-corrected chi connectivity index (χ1v) is 6.75. The molecule has 1 fully saturated rings. The zero-order chi connectivity index (χ0) is 13.8. The van der Waals surface area contributed by atoms with Crippen molar-refractivity contribution in [2.45, 2.75) is 32.4 Å². The molecule has 0 unspecified atom stereocenters. The van der Waals surface area contributed by atoms with Crippen molar-refractivity contribution < 1.29 is 4.74 Å². The first-order chi connectivity index (χ1) is 9.08. The van der Waals surface area contributed by atoms with E-state index in [4.69, 9.17) is 10.5 Å². The lowest BCUT2D eigenvalue weighted by molar-refractivity contribution is 0.0809. The Morgan fingerprint density at radius 3 is 2.84 bits per heavy atom. The standard InChI is InChI=1S/C13H23N5O/c1-9(2)19-5-4-10-6-12(17-13(14)16-10)18-7-11(8-18)15-3/h6,9,11,15H,4-5,7-8H2,1-3H3,(H2,14,16,17). The maximum absolute atomic E-state index is 5.77. The van der Waals surface area contributed by atoms with Crippen molar-refractivity contribution in [1.29, 1.82) is 0 Å². The molecule has 1 aliphatic rings. The van der Waals surface area contributed by atoms with Crippen molar-refractivity contribution in [2.24, 2.45) is 0 Å². The number of nitrogens with zero attached hydrogens (tertiary/aromatic N) is 3. The van der Waals surface area contributed by atoms with Crippen LogP contribution < -0.4 is 16.0 Å². The highest BCUT2D eigenvalue weighted by Gasteiger charge is 2.26. The molecule has 3 N–H and O–H groups in total. The number of anilines is 2. The van der Waals surface area contributed by atoms with Gasteiger partial charge in [0.25, 0.3) is 0 Å². The van der Waals surface area contributed by atoms with E-state index in [2.05, 4.69) is 20.2 Å². The van der Waals surface area contributed by atoms with Gasteiger partial charge < -0.3 is 20.7 Å². The Balaban J connectivity index is 1.95. The van der Waals surface area contributed by atoms with E-state index in [1.165, 1.54) is 0 Å². The fourth-order valence-corrected chi connectivity index (χ4v) is 2.04.